The van der Waals surface area contributed by atoms with Gasteiger partial charge in [0.15, 0.2) is 15.8 Å². The van der Waals surface area contributed by atoms with Gasteiger partial charge in [0.2, 0.25) is 0 Å². The highest BCUT2D eigenvalue weighted by Crippen LogP contribution is 2.34. The van der Waals surface area contributed by atoms with Crippen molar-refractivity contribution < 1.29 is 19.1 Å². The molecule has 0 aromatic heterocycles. The molecule has 1 aliphatic rings. The van der Waals surface area contributed by atoms with Crippen molar-refractivity contribution >= 4 is 57.8 Å². The van der Waals surface area contributed by atoms with Crippen LogP contribution in [0, 0.1) is 6.92 Å². The average Bonchev–Trinajstić information content (AvgIpc) is 3.00. The summed E-state index contributed by atoms with van der Waals surface area (Å²) in [6, 6.07) is 10.5. The normalized spacial score (nSPS) is 14.8. The van der Waals surface area contributed by atoms with E-state index in [4.69, 9.17) is 33.3 Å². The van der Waals surface area contributed by atoms with E-state index in [0.717, 1.165) is 34.3 Å². The van der Waals surface area contributed by atoms with Gasteiger partial charge < -0.3 is 9.47 Å². The van der Waals surface area contributed by atoms with Crippen LogP contribution < -0.4 is 14.9 Å². The number of halogens is 1. The fourth-order valence-corrected chi connectivity index (χ4v) is 4.40. The van der Waals surface area contributed by atoms with Crippen LogP contribution in [0.5, 0.6) is 11.5 Å². The lowest BCUT2D eigenvalue weighted by Gasteiger charge is -2.16. The molecule has 168 valence electrons. The molecule has 0 radical (unpaired) electrons. The number of carbonyl (C=O) groups is 2. The molecule has 0 spiro atoms. The number of ether oxygens (including phenoxy) is 2. The van der Waals surface area contributed by atoms with Gasteiger partial charge in [-0.2, -0.15) is 5.01 Å². The molecule has 2 aromatic carbocycles. The molecule has 1 fully saturated rings. The number of hydrogen-bond donors (Lipinski definition) is 1. The van der Waals surface area contributed by atoms with Crippen LogP contribution in [-0.4, -0.2) is 34.4 Å². The largest absolute Gasteiger partial charge is 0.490 e. The van der Waals surface area contributed by atoms with Gasteiger partial charge in [-0.15, -0.1) is 0 Å². The smallest absolute Gasteiger partial charge is 0.285 e. The van der Waals surface area contributed by atoms with Crippen LogP contribution in [-0.2, 0) is 4.79 Å². The van der Waals surface area contributed by atoms with E-state index < -0.39 is 11.8 Å². The Morgan fingerprint density at radius 2 is 1.97 bits per heavy atom. The summed E-state index contributed by atoms with van der Waals surface area (Å²) in [5.41, 5.74) is 4.49. The summed E-state index contributed by atoms with van der Waals surface area (Å²) in [4.78, 5) is 25.9. The van der Waals surface area contributed by atoms with Crippen LogP contribution in [0.1, 0.15) is 41.8 Å². The zero-order valence-electron chi connectivity index (χ0n) is 17.9. The SMILES string of the molecule is CCCOc1ccc(/C=C2\SC(=S)N(NC(=O)c3ccc(C)cc3Cl)C2=O)cc1OCC. The summed E-state index contributed by atoms with van der Waals surface area (Å²) >= 11 is 12.6. The molecule has 9 heteroatoms. The first kappa shape index (κ1) is 24.1. The van der Waals surface area contributed by atoms with E-state index in [9.17, 15) is 9.59 Å². The van der Waals surface area contributed by atoms with Crippen LogP contribution in [0.25, 0.3) is 6.08 Å². The fraction of sp³-hybridized carbons (Fsp3) is 0.261. The topological polar surface area (TPSA) is 67.9 Å². The maximum absolute atomic E-state index is 12.9. The molecule has 0 saturated carbocycles. The third-order valence-electron chi connectivity index (χ3n) is 4.40. The van der Waals surface area contributed by atoms with E-state index in [-0.39, 0.29) is 9.88 Å². The van der Waals surface area contributed by atoms with Crippen molar-refractivity contribution in [2.45, 2.75) is 27.2 Å². The molecule has 1 N–H and O–H groups in total. The molecule has 2 amide bonds. The van der Waals surface area contributed by atoms with E-state index in [1.54, 1.807) is 24.3 Å². The van der Waals surface area contributed by atoms with Crippen molar-refractivity contribution in [2.75, 3.05) is 13.2 Å². The van der Waals surface area contributed by atoms with Gasteiger partial charge in [-0.05, 0) is 74.0 Å². The molecule has 1 aliphatic heterocycles. The monoisotopic (exact) mass is 490 g/mol. The number of benzene rings is 2. The highest BCUT2D eigenvalue weighted by Gasteiger charge is 2.34. The zero-order valence-corrected chi connectivity index (χ0v) is 20.3. The minimum atomic E-state index is -0.511. The van der Waals surface area contributed by atoms with Gasteiger partial charge in [-0.25, -0.2) is 0 Å². The van der Waals surface area contributed by atoms with Crippen LogP contribution in [0.3, 0.4) is 0 Å². The standard InChI is InChI=1S/C23H23ClN2O4S2/c1-4-10-30-18-9-7-15(12-19(18)29-5-2)13-20-22(28)26(23(31)32-20)25-21(27)16-8-6-14(3)11-17(16)24/h6-9,11-13H,4-5,10H2,1-3H3,(H,25,27)/b20-13-. The minimum Gasteiger partial charge on any atom is -0.490 e. The van der Waals surface area contributed by atoms with Crippen molar-refractivity contribution in [1.29, 1.82) is 0 Å². The maximum Gasteiger partial charge on any atom is 0.285 e. The van der Waals surface area contributed by atoms with Gasteiger partial charge in [0.05, 0.1) is 28.7 Å². The third kappa shape index (κ3) is 5.62. The molecule has 0 bridgehead atoms. The number of nitrogens with zero attached hydrogens (tertiary/aromatic N) is 1. The molecule has 32 heavy (non-hydrogen) atoms. The Labute approximate surface area is 201 Å². The minimum absolute atomic E-state index is 0.228. The second-order valence-electron chi connectivity index (χ2n) is 6.93. The molecule has 2 aromatic rings. The lowest BCUT2D eigenvalue weighted by molar-refractivity contribution is -0.123. The fourth-order valence-electron chi connectivity index (χ4n) is 2.90. The van der Waals surface area contributed by atoms with Gasteiger partial charge >= 0.3 is 0 Å². The number of hydrogen-bond acceptors (Lipinski definition) is 6. The number of hydrazine groups is 1. The number of thioether (sulfide) groups is 1. The lowest BCUT2D eigenvalue weighted by atomic mass is 10.1. The molecule has 0 aliphatic carbocycles. The van der Waals surface area contributed by atoms with Gasteiger partial charge in [0, 0.05) is 0 Å². The Kier molecular flexibility index (Phi) is 8.17. The number of carbonyl (C=O) groups excluding carboxylic acids is 2. The highest BCUT2D eigenvalue weighted by atomic mass is 35.5. The van der Waals surface area contributed by atoms with Gasteiger partial charge in [-0.3, -0.25) is 15.0 Å². The van der Waals surface area contributed by atoms with Crippen LogP contribution in [0.4, 0.5) is 0 Å². The summed E-state index contributed by atoms with van der Waals surface area (Å²) in [5.74, 6) is 0.331. The third-order valence-corrected chi connectivity index (χ3v) is 6.02. The number of nitrogens with one attached hydrogen (secondary N) is 1. The summed E-state index contributed by atoms with van der Waals surface area (Å²) in [6.45, 7) is 6.87. The van der Waals surface area contributed by atoms with E-state index in [1.165, 1.54) is 0 Å². The molecular formula is C23H23ClN2O4S2. The van der Waals surface area contributed by atoms with Crippen molar-refractivity contribution in [3.8, 4) is 11.5 Å². The molecule has 6 nitrogen and oxygen atoms in total. The Bertz CT molecular complexity index is 1090. The number of aryl methyl sites for hydroxylation is 1. The first-order chi connectivity index (χ1) is 15.3. The molecule has 0 unspecified atom stereocenters. The summed E-state index contributed by atoms with van der Waals surface area (Å²) in [6.07, 6.45) is 2.59. The predicted octanol–water partition coefficient (Wildman–Crippen LogP) is 5.38. The van der Waals surface area contributed by atoms with Crippen molar-refractivity contribution in [1.82, 2.24) is 10.4 Å². The van der Waals surface area contributed by atoms with Gasteiger partial charge in [0.25, 0.3) is 11.8 Å². The van der Waals surface area contributed by atoms with E-state index in [1.807, 2.05) is 39.0 Å². The Balaban J connectivity index is 1.79. The van der Waals surface area contributed by atoms with Gasteiger partial charge in [0.1, 0.15) is 0 Å². The van der Waals surface area contributed by atoms with E-state index in [2.05, 4.69) is 5.43 Å². The van der Waals surface area contributed by atoms with Crippen molar-refractivity contribution in [2.24, 2.45) is 0 Å². The van der Waals surface area contributed by atoms with Crippen molar-refractivity contribution in [3.05, 3.63) is 63.0 Å². The van der Waals surface area contributed by atoms with Crippen LogP contribution in [0.2, 0.25) is 5.02 Å². The van der Waals surface area contributed by atoms with Crippen molar-refractivity contribution in [3.63, 3.8) is 0 Å². The van der Waals surface area contributed by atoms with Crippen LogP contribution >= 0.6 is 35.6 Å². The van der Waals surface area contributed by atoms with Crippen LogP contribution in [0.15, 0.2) is 41.3 Å². The Morgan fingerprint density at radius 1 is 1.19 bits per heavy atom. The Morgan fingerprint density at radius 3 is 2.66 bits per heavy atom. The number of rotatable bonds is 8. The molecule has 1 heterocycles. The van der Waals surface area contributed by atoms with E-state index in [0.29, 0.717) is 34.6 Å². The molecule has 1 saturated heterocycles. The second kappa shape index (κ2) is 10.8. The molecule has 3 rings (SSSR count). The van der Waals surface area contributed by atoms with Gasteiger partial charge in [-0.1, -0.05) is 42.4 Å². The average molecular weight is 491 g/mol. The summed E-state index contributed by atoms with van der Waals surface area (Å²) in [7, 11) is 0. The summed E-state index contributed by atoms with van der Waals surface area (Å²) < 4.78 is 11.6. The highest BCUT2D eigenvalue weighted by molar-refractivity contribution is 8.26. The molecular weight excluding hydrogens is 468 g/mol. The summed E-state index contributed by atoms with van der Waals surface area (Å²) in [5, 5.41) is 1.37. The quantitative estimate of drug-likeness (QED) is 0.395. The Hall–Kier alpha value is -2.55. The second-order valence-corrected chi connectivity index (χ2v) is 9.01. The number of thiocarbonyl (C=S) groups is 1. The van der Waals surface area contributed by atoms with E-state index >= 15 is 0 Å². The lowest BCUT2D eigenvalue weighted by Crippen LogP contribution is -2.44. The molecule has 0 atom stereocenters. The number of amides is 2. The maximum atomic E-state index is 12.9. The first-order valence-electron chi connectivity index (χ1n) is 10.1. The predicted molar refractivity (Wildman–Crippen MR) is 132 cm³/mol. The zero-order chi connectivity index (χ0) is 23.3. The first-order valence-corrected chi connectivity index (χ1v) is 11.7.